The van der Waals surface area contributed by atoms with Crippen molar-refractivity contribution in [2.24, 2.45) is 0 Å². The van der Waals surface area contributed by atoms with Crippen molar-refractivity contribution in [2.45, 2.75) is 6.61 Å². The van der Waals surface area contributed by atoms with E-state index < -0.39 is 5.97 Å². The highest BCUT2D eigenvalue weighted by molar-refractivity contribution is 9.10. The van der Waals surface area contributed by atoms with E-state index >= 15 is 0 Å². The second kappa shape index (κ2) is 4.77. The zero-order valence-corrected chi connectivity index (χ0v) is 9.72. The third kappa shape index (κ3) is 2.47. The monoisotopic (exact) mass is 278 g/mol. The molecule has 0 saturated carbocycles. The number of ether oxygens (including phenoxy) is 1. The maximum Gasteiger partial charge on any atom is 0.337 e. The van der Waals surface area contributed by atoms with Gasteiger partial charge in [0.15, 0.2) is 0 Å². The molecule has 1 N–H and O–H groups in total. The minimum absolute atomic E-state index is 0.0818. The molecule has 0 saturated heterocycles. The molecule has 1 aromatic carbocycles. The van der Waals surface area contributed by atoms with Gasteiger partial charge in [-0.25, -0.2) is 4.79 Å². The lowest BCUT2D eigenvalue weighted by Crippen LogP contribution is -1.99. The normalized spacial score (nSPS) is 10.2. The molecular formula is C9H8BrClO3. The second-order valence-corrected chi connectivity index (χ2v) is 3.92. The number of carboxylic acids is 1. The van der Waals surface area contributed by atoms with Crippen LogP contribution in [0.5, 0.6) is 0 Å². The van der Waals surface area contributed by atoms with Gasteiger partial charge in [0.25, 0.3) is 0 Å². The molecule has 14 heavy (non-hydrogen) atoms. The van der Waals surface area contributed by atoms with Gasteiger partial charge >= 0.3 is 5.97 Å². The molecule has 76 valence electrons. The highest BCUT2D eigenvalue weighted by Crippen LogP contribution is 2.26. The molecule has 3 nitrogen and oxygen atoms in total. The molecule has 0 aromatic heterocycles. The van der Waals surface area contributed by atoms with Crippen molar-refractivity contribution in [2.75, 3.05) is 7.11 Å². The van der Waals surface area contributed by atoms with E-state index in [1.54, 1.807) is 13.2 Å². The van der Waals surface area contributed by atoms with Crippen LogP contribution in [0.25, 0.3) is 0 Å². The second-order valence-electron chi connectivity index (χ2n) is 2.66. The van der Waals surface area contributed by atoms with E-state index in [1.165, 1.54) is 6.07 Å². The molecule has 0 radical (unpaired) electrons. The summed E-state index contributed by atoms with van der Waals surface area (Å²) in [4.78, 5) is 10.7. The Morgan fingerprint density at radius 1 is 1.64 bits per heavy atom. The van der Waals surface area contributed by atoms with E-state index in [-0.39, 0.29) is 10.6 Å². The molecule has 0 fully saturated rings. The van der Waals surface area contributed by atoms with Crippen LogP contribution in [-0.2, 0) is 11.3 Å². The number of carboxylic acid groups (broad SMARTS) is 1. The number of benzene rings is 1. The molecule has 0 amide bonds. The van der Waals surface area contributed by atoms with E-state index in [0.29, 0.717) is 11.1 Å². The van der Waals surface area contributed by atoms with Crippen LogP contribution in [0.3, 0.4) is 0 Å². The van der Waals surface area contributed by atoms with Crippen molar-refractivity contribution < 1.29 is 14.6 Å². The van der Waals surface area contributed by atoms with Gasteiger partial charge in [-0.3, -0.25) is 0 Å². The lowest BCUT2D eigenvalue weighted by Gasteiger charge is -2.06. The van der Waals surface area contributed by atoms with E-state index in [0.717, 1.165) is 5.56 Å². The highest BCUT2D eigenvalue weighted by Gasteiger charge is 2.12. The van der Waals surface area contributed by atoms with Crippen molar-refractivity contribution in [3.05, 3.63) is 32.8 Å². The van der Waals surface area contributed by atoms with Gasteiger partial charge in [0.05, 0.1) is 17.2 Å². The van der Waals surface area contributed by atoms with Crippen LogP contribution in [0.15, 0.2) is 16.6 Å². The Bertz CT molecular complexity index is 365. The number of rotatable bonds is 3. The predicted molar refractivity (Wildman–Crippen MR) is 56.8 cm³/mol. The minimum atomic E-state index is -1.04. The van der Waals surface area contributed by atoms with E-state index in [2.05, 4.69) is 15.9 Å². The van der Waals surface area contributed by atoms with Crippen LogP contribution in [-0.4, -0.2) is 18.2 Å². The number of hydrogen-bond acceptors (Lipinski definition) is 2. The molecule has 0 atom stereocenters. The van der Waals surface area contributed by atoms with Crippen LogP contribution in [0.4, 0.5) is 0 Å². The average Bonchev–Trinajstić information content (AvgIpc) is 2.10. The molecule has 1 aromatic rings. The Kier molecular flexibility index (Phi) is 3.92. The van der Waals surface area contributed by atoms with Crippen LogP contribution in [0.2, 0.25) is 5.02 Å². The van der Waals surface area contributed by atoms with Gasteiger partial charge in [0.1, 0.15) is 0 Å². The van der Waals surface area contributed by atoms with Crippen LogP contribution in [0.1, 0.15) is 15.9 Å². The molecular weight excluding hydrogens is 271 g/mol. The molecule has 1 rings (SSSR count). The van der Waals surface area contributed by atoms with Crippen LogP contribution in [0, 0.1) is 0 Å². The Labute approximate surface area is 94.8 Å². The summed E-state index contributed by atoms with van der Waals surface area (Å²) in [6.07, 6.45) is 0. The first-order valence-corrected chi connectivity index (χ1v) is 4.93. The standard InChI is InChI=1S/C9H8BrClO3/c1-14-4-5-2-8(11)6(9(12)13)3-7(5)10/h2-3H,4H2,1H3,(H,12,13). The number of halogens is 2. The Hall–Kier alpha value is -0.580. The summed E-state index contributed by atoms with van der Waals surface area (Å²) in [6, 6.07) is 3.05. The van der Waals surface area contributed by atoms with Gasteiger partial charge in [-0.15, -0.1) is 0 Å². The van der Waals surface area contributed by atoms with Gasteiger partial charge in [-0.05, 0) is 17.7 Å². The molecule has 0 aliphatic carbocycles. The molecule has 0 bridgehead atoms. The first kappa shape index (κ1) is 11.5. The molecule has 0 heterocycles. The van der Waals surface area contributed by atoms with Crippen molar-refractivity contribution >= 4 is 33.5 Å². The maximum atomic E-state index is 10.7. The first-order chi connectivity index (χ1) is 6.56. The quantitative estimate of drug-likeness (QED) is 0.925. The van der Waals surface area contributed by atoms with E-state index in [4.69, 9.17) is 21.4 Å². The molecule has 5 heteroatoms. The van der Waals surface area contributed by atoms with Crippen molar-refractivity contribution in [3.63, 3.8) is 0 Å². The first-order valence-electron chi connectivity index (χ1n) is 3.76. The van der Waals surface area contributed by atoms with Crippen molar-refractivity contribution in [1.82, 2.24) is 0 Å². The number of carbonyl (C=O) groups is 1. The number of methoxy groups -OCH3 is 1. The van der Waals surface area contributed by atoms with Gasteiger partial charge in [0.2, 0.25) is 0 Å². The summed E-state index contributed by atoms with van der Waals surface area (Å²) < 4.78 is 5.61. The fraction of sp³-hybridized carbons (Fsp3) is 0.222. The molecule has 0 aliphatic rings. The van der Waals surface area contributed by atoms with Gasteiger partial charge in [-0.1, -0.05) is 27.5 Å². The summed E-state index contributed by atoms with van der Waals surface area (Å²) >= 11 is 9.02. The summed E-state index contributed by atoms with van der Waals surface area (Å²) in [5.74, 6) is -1.04. The highest BCUT2D eigenvalue weighted by atomic mass is 79.9. The topological polar surface area (TPSA) is 46.5 Å². The zero-order valence-electron chi connectivity index (χ0n) is 7.38. The fourth-order valence-electron chi connectivity index (χ4n) is 1.02. The largest absolute Gasteiger partial charge is 0.478 e. The van der Waals surface area contributed by atoms with Gasteiger partial charge < -0.3 is 9.84 Å². The van der Waals surface area contributed by atoms with Crippen molar-refractivity contribution in [3.8, 4) is 0 Å². The average molecular weight is 280 g/mol. The summed E-state index contributed by atoms with van der Waals surface area (Å²) in [7, 11) is 1.56. The molecule has 0 unspecified atom stereocenters. The Balaban J connectivity index is 3.17. The van der Waals surface area contributed by atoms with Crippen LogP contribution >= 0.6 is 27.5 Å². The SMILES string of the molecule is COCc1cc(Cl)c(C(=O)O)cc1Br. The van der Waals surface area contributed by atoms with Gasteiger partial charge in [0, 0.05) is 11.6 Å². The molecule has 0 aliphatic heterocycles. The number of hydrogen-bond donors (Lipinski definition) is 1. The lowest BCUT2D eigenvalue weighted by atomic mass is 10.1. The summed E-state index contributed by atoms with van der Waals surface area (Å²) in [6.45, 7) is 0.389. The summed E-state index contributed by atoms with van der Waals surface area (Å²) in [5.41, 5.74) is 0.904. The zero-order chi connectivity index (χ0) is 10.7. The van der Waals surface area contributed by atoms with Crippen molar-refractivity contribution in [1.29, 1.82) is 0 Å². The Morgan fingerprint density at radius 2 is 2.29 bits per heavy atom. The summed E-state index contributed by atoms with van der Waals surface area (Å²) in [5, 5.41) is 8.99. The minimum Gasteiger partial charge on any atom is -0.478 e. The Morgan fingerprint density at radius 3 is 2.79 bits per heavy atom. The third-order valence-electron chi connectivity index (χ3n) is 1.67. The van der Waals surface area contributed by atoms with E-state index in [1.807, 2.05) is 0 Å². The third-order valence-corrected chi connectivity index (χ3v) is 2.72. The van der Waals surface area contributed by atoms with Gasteiger partial charge in [-0.2, -0.15) is 0 Å². The lowest BCUT2D eigenvalue weighted by molar-refractivity contribution is 0.0697. The smallest absolute Gasteiger partial charge is 0.337 e. The maximum absolute atomic E-state index is 10.7. The predicted octanol–water partition coefficient (Wildman–Crippen LogP) is 2.95. The molecule has 0 spiro atoms. The van der Waals surface area contributed by atoms with E-state index in [9.17, 15) is 4.79 Å². The fourth-order valence-corrected chi connectivity index (χ4v) is 1.74. The van der Waals surface area contributed by atoms with Crippen LogP contribution < -0.4 is 0 Å². The number of aromatic carboxylic acids is 1.